The number of anilines is 1. The monoisotopic (exact) mass is 256 g/mol. The Kier molecular flexibility index (Phi) is 3.96. The molecule has 0 aliphatic heterocycles. The maximum atomic E-state index is 5.70. The van der Waals surface area contributed by atoms with Gasteiger partial charge in [-0.05, 0) is 30.2 Å². The van der Waals surface area contributed by atoms with Crippen LogP contribution in [0.1, 0.15) is 18.4 Å². The third-order valence-electron chi connectivity index (χ3n) is 2.36. The van der Waals surface area contributed by atoms with Crippen LogP contribution in [-0.4, -0.2) is 20.6 Å². The maximum Gasteiger partial charge on any atom is 0.0408 e. The Hall–Kier alpha value is -0.540. The molecule has 3 heteroatoms. The van der Waals surface area contributed by atoms with Gasteiger partial charge in [-0.2, -0.15) is 0 Å². The fraction of sp³-hybridized carbons (Fsp3) is 0.455. The van der Waals surface area contributed by atoms with Crippen LogP contribution in [0.3, 0.4) is 0 Å². The first-order chi connectivity index (χ1) is 6.57. The van der Waals surface area contributed by atoms with Gasteiger partial charge >= 0.3 is 0 Å². The van der Waals surface area contributed by atoms with E-state index in [1.54, 1.807) is 0 Å². The van der Waals surface area contributed by atoms with E-state index in [0.29, 0.717) is 12.5 Å². The van der Waals surface area contributed by atoms with Gasteiger partial charge in [-0.1, -0.05) is 28.9 Å². The average Bonchev–Trinajstić information content (AvgIpc) is 2.16. The molecule has 0 fully saturated rings. The van der Waals surface area contributed by atoms with Gasteiger partial charge in [0.15, 0.2) is 0 Å². The Bertz CT molecular complexity index is 310. The molecule has 1 unspecified atom stereocenters. The molecule has 78 valence electrons. The van der Waals surface area contributed by atoms with Crippen LogP contribution < -0.4 is 10.6 Å². The van der Waals surface area contributed by atoms with Crippen LogP contribution in [0.4, 0.5) is 5.69 Å². The Morgan fingerprint density at radius 1 is 1.43 bits per heavy atom. The molecule has 0 amide bonds. The number of halogens is 1. The standard InChI is InChI=1S/C11H17BrN2/c1-8(7-13)11-9(12)5-4-6-10(11)14(2)3/h4-6,8H,7,13H2,1-3H3. The second-order valence-electron chi connectivity index (χ2n) is 3.70. The number of rotatable bonds is 3. The molecule has 0 heterocycles. The molecular weight excluding hydrogens is 240 g/mol. The Morgan fingerprint density at radius 2 is 2.07 bits per heavy atom. The number of nitrogens with zero attached hydrogens (tertiary/aromatic N) is 1. The van der Waals surface area contributed by atoms with E-state index in [4.69, 9.17) is 5.73 Å². The van der Waals surface area contributed by atoms with Crippen LogP contribution in [-0.2, 0) is 0 Å². The predicted molar refractivity (Wildman–Crippen MR) is 65.9 cm³/mol. The maximum absolute atomic E-state index is 5.70. The molecule has 1 aromatic carbocycles. The van der Waals surface area contributed by atoms with E-state index in [-0.39, 0.29) is 0 Å². The van der Waals surface area contributed by atoms with E-state index in [0.717, 1.165) is 4.47 Å². The van der Waals surface area contributed by atoms with Crippen molar-refractivity contribution in [3.05, 3.63) is 28.2 Å². The van der Waals surface area contributed by atoms with Gasteiger partial charge in [0, 0.05) is 24.3 Å². The highest BCUT2D eigenvalue weighted by Gasteiger charge is 2.13. The third kappa shape index (κ3) is 2.28. The van der Waals surface area contributed by atoms with Gasteiger partial charge in [0.05, 0.1) is 0 Å². The summed E-state index contributed by atoms with van der Waals surface area (Å²) in [5, 5.41) is 0. The largest absolute Gasteiger partial charge is 0.377 e. The van der Waals surface area contributed by atoms with Gasteiger partial charge in [-0.15, -0.1) is 0 Å². The Balaban J connectivity index is 3.22. The second kappa shape index (κ2) is 4.80. The highest BCUT2D eigenvalue weighted by Crippen LogP contribution is 2.32. The Morgan fingerprint density at radius 3 is 2.57 bits per heavy atom. The van der Waals surface area contributed by atoms with E-state index in [1.165, 1.54) is 11.3 Å². The molecular formula is C11H17BrN2. The molecule has 0 saturated heterocycles. The molecule has 1 rings (SSSR count). The molecule has 2 nitrogen and oxygen atoms in total. The van der Waals surface area contributed by atoms with Crippen molar-refractivity contribution < 1.29 is 0 Å². The zero-order valence-electron chi connectivity index (χ0n) is 8.92. The summed E-state index contributed by atoms with van der Waals surface area (Å²) in [7, 11) is 4.10. The normalized spacial score (nSPS) is 12.6. The highest BCUT2D eigenvalue weighted by atomic mass is 79.9. The highest BCUT2D eigenvalue weighted by molar-refractivity contribution is 9.10. The van der Waals surface area contributed by atoms with E-state index < -0.39 is 0 Å². The molecule has 0 spiro atoms. The fourth-order valence-electron chi connectivity index (χ4n) is 1.52. The fourth-order valence-corrected chi connectivity index (χ4v) is 2.27. The van der Waals surface area contributed by atoms with Crippen molar-refractivity contribution in [1.29, 1.82) is 0 Å². The minimum absolute atomic E-state index is 0.378. The summed E-state index contributed by atoms with van der Waals surface area (Å²) in [4.78, 5) is 2.12. The lowest BCUT2D eigenvalue weighted by atomic mass is 9.99. The molecule has 0 bridgehead atoms. The molecule has 1 atom stereocenters. The summed E-state index contributed by atoms with van der Waals surface area (Å²) in [6.07, 6.45) is 0. The first-order valence-electron chi connectivity index (χ1n) is 4.73. The summed E-state index contributed by atoms with van der Waals surface area (Å²) in [6, 6.07) is 6.23. The molecule has 14 heavy (non-hydrogen) atoms. The first kappa shape index (κ1) is 11.5. The van der Waals surface area contributed by atoms with Gasteiger partial charge < -0.3 is 10.6 Å². The molecule has 0 radical (unpaired) electrons. The van der Waals surface area contributed by atoms with Crippen LogP contribution in [0.15, 0.2) is 22.7 Å². The van der Waals surface area contributed by atoms with Crippen molar-refractivity contribution >= 4 is 21.6 Å². The van der Waals surface area contributed by atoms with Crippen LogP contribution >= 0.6 is 15.9 Å². The number of benzene rings is 1. The molecule has 0 aliphatic carbocycles. The minimum Gasteiger partial charge on any atom is -0.377 e. The van der Waals surface area contributed by atoms with Crippen LogP contribution in [0.25, 0.3) is 0 Å². The number of hydrogen-bond donors (Lipinski definition) is 1. The lowest BCUT2D eigenvalue weighted by Gasteiger charge is -2.22. The topological polar surface area (TPSA) is 29.3 Å². The van der Waals surface area contributed by atoms with Crippen molar-refractivity contribution in [2.24, 2.45) is 5.73 Å². The molecule has 2 N–H and O–H groups in total. The van der Waals surface area contributed by atoms with Gasteiger partial charge in [0.2, 0.25) is 0 Å². The first-order valence-corrected chi connectivity index (χ1v) is 5.53. The van der Waals surface area contributed by atoms with Crippen LogP contribution in [0.2, 0.25) is 0 Å². The summed E-state index contributed by atoms with van der Waals surface area (Å²) in [6.45, 7) is 2.82. The van der Waals surface area contributed by atoms with Crippen molar-refractivity contribution in [3.8, 4) is 0 Å². The van der Waals surface area contributed by atoms with E-state index >= 15 is 0 Å². The Labute approximate surface area is 94.2 Å². The summed E-state index contributed by atoms with van der Waals surface area (Å²) in [5.41, 5.74) is 8.23. The van der Waals surface area contributed by atoms with E-state index in [9.17, 15) is 0 Å². The summed E-state index contributed by atoms with van der Waals surface area (Å²) in [5.74, 6) is 0.378. The average molecular weight is 257 g/mol. The molecule has 0 aromatic heterocycles. The zero-order valence-corrected chi connectivity index (χ0v) is 10.5. The predicted octanol–water partition coefficient (Wildman–Crippen LogP) is 2.58. The molecule has 1 aromatic rings. The van der Waals surface area contributed by atoms with Gasteiger partial charge in [0.25, 0.3) is 0 Å². The molecule has 0 saturated carbocycles. The van der Waals surface area contributed by atoms with E-state index in [1.807, 2.05) is 6.07 Å². The third-order valence-corrected chi connectivity index (χ3v) is 3.05. The van der Waals surface area contributed by atoms with Gasteiger partial charge in [0.1, 0.15) is 0 Å². The lowest BCUT2D eigenvalue weighted by molar-refractivity contribution is 0.767. The van der Waals surface area contributed by atoms with Crippen molar-refractivity contribution in [3.63, 3.8) is 0 Å². The molecule has 0 aliphatic rings. The van der Waals surface area contributed by atoms with E-state index in [2.05, 4.69) is 54.0 Å². The number of nitrogens with two attached hydrogens (primary N) is 1. The SMILES string of the molecule is CC(CN)c1c(Br)cccc1N(C)C. The smallest absolute Gasteiger partial charge is 0.0408 e. The van der Waals surface area contributed by atoms with Crippen LogP contribution in [0, 0.1) is 0 Å². The zero-order chi connectivity index (χ0) is 10.7. The second-order valence-corrected chi connectivity index (χ2v) is 4.56. The number of hydrogen-bond acceptors (Lipinski definition) is 2. The summed E-state index contributed by atoms with van der Waals surface area (Å²) < 4.78 is 1.14. The van der Waals surface area contributed by atoms with Crippen molar-refractivity contribution in [2.75, 3.05) is 25.5 Å². The van der Waals surface area contributed by atoms with Crippen molar-refractivity contribution in [2.45, 2.75) is 12.8 Å². The minimum atomic E-state index is 0.378. The van der Waals surface area contributed by atoms with Gasteiger partial charge in [-0.3, -0.25) is 0 Å². The van der Waals surface area contributed by atoms with Gasteiger partial charge in [-0.25, -0.2) is 0 Å². The van der Waals surface area contributed by atoms with Crippen LogP contribution in [0.5, 0.6) is 0 Å². The van der Waals surface area contributed by atoms with Crippen molar-refractivity contribution in [1.82, 2.24) is 0 Å². The summed E-state index contributed by atoms with van der Waals surface area (Å²) >= 11 is 3.57. The quantitative estimate of drug-likeness (QED) is 0.901. The lowest BCUT2D eigenvalue weighted by Crippen LogP contribution is -2.16.